The molecule has 18 heavy (non-hydrogen) atoms. The topological polar surface area (TPSA) is 49.7 Å². The largest absolute Gasteiger partial charge is 0.508 e. The van der Waals surface area contributed by atoms with Gasteiger partial charge in [-0.3, -0.25) is 0 Å². The number of aryl methyl sites for hydroxylation is 1. The standard InChI is InChI=1S/C15H22O3/c1-9-7-14-11(8-13(9)17)10(2)12(16)5-6-15(3,4)18-14/h7-8,10,12,16-17H,5-6H2,1-4H3/t10-,12+/m0/s1. The molecule has 0 aliphatic carbocycles. The highest BCUT2D eigenvalue weighted by Crippen LogP contribution is 2.39. The number of hydrogen-bond donors (Lipinski definition) is 2. The van der Waals surface area contributed by atoms with Gasteiger partial charge in [0.2, 0.25) is 0 Å². The summed E-state index contributed by atoms with van der Waals surface area (Å²) < 4.78 is 6.06. The van der Waals surface area contributed by atoms with Crippen molar-refractivity contribution in [3.63, 3.8) is 0 Å². The first-order valence-electron chi connectivity index (χ1n) is 6.51. The molecule has 100 valence electrons. The molecule has 2 rings (SSSR count). The maximum Gasteiger partial charge on any atom is 0.124 e. The number of phenols is 1. The van der Waals surface area contributed by atoms with Crippen molar-refractivity contribution in [1.29, 1.82) is 0 Å². The van der Waals surface area contributed by atoms with E-state index in [-0.39, 0.29) is 17.3 Å². The predicted octanol–water partition coefficient (Wildman–Crippen LogP) is 3.12. The highest BCUT2D eigenvalue weighted by Gasteiger charge is 2.30. The summed E-state index contributed by atoms with van der Waals surface area (Å²) in [7, 11) is 0. The Labute approximate surface area is 108 Å². The third-order valence-electron chi connectivity index (χ3n) is 3.82. The number of phenolic OH excluding ortho intramolecular Hbond substituents is 1. The lowest BCUT2D eigenvalue weighted by Gasteiger charge is -2.34. The molecular weight excluding hydrogens is 228 g/mol. The van der Waals surface area contributed by atoms with E-state index in [9.17, 15) is 10.2 Å². The fourth-order valence-corrected chi connectivity index (χ4v) is 2.43. The summed E-state index contributed by atoms with van der Waals surface area (Å²) in [5.41, 5.74) is 1.39. The molecule has 0 fully saturated rings. The van der Waals surface area contributed by atoms with Crippen LogP contribution in [0.5, 0.6) is 11.5 Å². The number of aliphatic hydroxyl groups is 1. The molecule has 0 radical (unpaired) electrons. The third kappa shape index (κ3) is 2.46. The van der Waals surface area contributed by atoms with Crippen molar-refractivity contribution in [3.8, 4) is 11.5 Å². The van der Waals surface area contributed by atoms with E-state index in [1.165, 1.54) is 0 Å². The average Bonchev–Trinajstić information content (AvgIpc) is 2.28. The Balaban J connectivity index is 2.52. The molecule has 1 aromatic rings. The van der Waals surface area contributed by atoms with Crippen molar-refractivity contribution in [3.05, 3.63) is 23.3 Å². The van der Waals surface area contributed by atoms with Gasteiger partial charge in [0.25, 0.3) is 0 Å². The van der Waals surface area contributed by atoms with Gasteiger partial charge in [0.05, 0.1) is 6.10 Å². The molecule has 0 spiro atoms. The van der Waals surface area contributed by atoms with Crippen LogP contribution in [-0.2, 0) is 0 Å². The summed E-state index contributed by atoms with van der Waals surface area (Å²) in [5.74, 6) is 1.01. The Morgan fingerprint density at radius 2 is 2.00 bits per heavy atom. The van der Waals surface area contributed by atoms with Crippen LogP contribution < -0.4 is 4.74 Å². The van der Waals surface area contributed by atoms with E-state index in [2.05, 4.69) is 0 Å². The molecule has 2 atom stereocenters. The van der Waals surface area contributed by atoms with Crippen LogP contribution in [0.3, 0.4) is 0 Å². The minimum absolute atomic E-state index is 0.0254. The molecule has 0 aromatic heterocycles. The first-order chi connectivity index (χ1) is 8.30. The molecule has 0 saturated carbocycles. The Hall–Kier alpha value is -1.22. The van der Waals surface area contributed by atoms with Crippen molar-refractivity contribution in [2.24, 2.45) is 0 Å². The number of aromatic hydroxyl groups is 1. The summed E-state index contributed by atoms with van der Waals surface area (Å²) in [5, 5.41) is 20.0. The van der Waals surface area contributed by atoms with Crippen molar-refractivity contribution >= 4 is 0 Å². The molecule has 1 aliphatic rings. The fourth-order valence-electron chi connectivity index (χ4n) is 2.43. The number of hydrogen-bond acceptors (Lipinski definition) is 3. The van der Waals surface area contributed by atoms with Gasteiger partial charge < -0.3 is 14.9 Å². The molecule has 1 aromatic carbocycles. The van der Waals surface area contributed by atoms with Gasteiger partial charge in [-0.1, -0.05) is 6.92 Å². The second-order valence-electron chi connectivity index (χ2n) is 5.93. The Bertz CT molecular complexity index is 451. The molecule has 0 unspecified atom stereocenters. The maximum absolute atomic E-state index is 10.2. The van der Waals surface area contributed by atoms with Gasteiger partial charge in [-0.2, -0.15) is 0 Å². The van der Waals surface area contributed by atoms with E-state index in [4.69, 9.17) is 4.74 Å². The van der Waals surface area contributed by atoms with Crippen LogP contribution in [0.25, 0.3) is 0 Å². The van der Waals surface area contributed by atoms with E-state index in [0.29, 0.717) is 6.42 Å². The third-order valence-corrected chi connectivity index (χ3v) is 3.82. The van der Waals surface area contributed by atoms with Crippen LogP contribution >= 0.6 is 0 Å². The van der Waals surface area contributed by atoms with Crippen LogP contribution in [-0.4, -0.2) is 21.9 Å². The molecule has 3 nitrogen and oxygen atoms in total. The average molecular weight is 250 g/mol. The molecule has 1 aliphatic heterocycles. The van der Waals surface area contributed by atoms with Crippen molar-refractivity contribution in [2.45, 2.75) is 58.2 Å². The zero-order valence-corrected chi connectivity index (χ0v) is 11.5. The number of aliphatic hydroxyl groups excluding tert-OH is 1. The summed E-state index contributed by atoms with van der Waals surface area (Å²) in [6.45, 7) is 7.88. The number of rotatable bonds is 0. The van der Waals surface area contributed by atoms with Gasteiger partial charge in [0.1, 0.15) is 17.1 Å². The number of fused-ring (bicyclic) bond motifs is 1. The molecule has 3 heteroatoms. The predicted molar refractivity (Wildman–Crippen MR) is 71.2 cm³/mol. The van der Waals surface area contributed by atoms with Crippen LogP contribution in [0.4, 0.5) is 0 Å². The molecule has 0 saturated heterocycles. The van der Waals surface area contributed by atoms with Crippen LogP contribution in [0.15, 0.2) is 12.1 Å². The monoisotopic (exact) mass is 250 g/mol. The molecule has 2 N–H and O–H groups in total. The molecule has 0 amide bonds. The molecule has 1 heterocycles. The highest BCUT2D eigenvalue weighted by atomic mass is 16.5. The minimum atomic E-state index is -0.394. The van der Waals surface area contributed by atoms with Gasteiger partial charge in [-0.05, 0) is 51.3 Å². The van der Waals surface area contributed by atoms with Crippen LogP contribution in [0, 0.1) is 6.92 Å². The van der Waals surface area contributed by atoms with E-state index in [1.54, 1.807) is 6.07 Å². The summed E-state index contributed by atoms with van der Waals surface area (Å²) in [6, 6.07) is 3.58. The number of benzene rings is 1. The fraction of sp³-hybridized carbons (Fsp3) is 0.600. The van der Waals surface area contributed by atoms with Crippen molar-refractivity contribution < 1.29 is 14.9 Å². The highest BCUT2D eigenvalue weighted by molar-refractivity contribution is 5.47. The lowest BCUT2D eigenvalue weighted by atomic mass is 9.86. The smallest absolute Gasteiger partial charge is 0.124 e. The SMILES string of the molecule is Cc1cc2c(cc1O)[C@H](C)[C@H](O)CCC(C)(C)O2. The maximum atomic E-state index is 10.2. The van der Waals surface area contributed by atoms with Crippen molar-refractivity contribution in [2.75, 3.05) is 0 Å². The second-order valence-corrected chi connectivity index (χ2v) is 5.93. The Morgan fingerprint density at radius 1 is 1.33 bits per heavy atom. The molecular formula is C15H22O3. The summed E-state index contributed by atoms with van der Waals surface area (Å²) >= 11 is 0. The Morgan fingerprint density at radius 3 is 2.67 bits per heavy atom. The van der Waals surface area contributed by atoms with E-state index < -0.39 is 6.10 Å². The van der Waals surface area contributed by atoms with Crippen LogP contribution in [0.1, 0.15) is 50.7 Å². The molecule has 0 bridgehead atoms. The van der Waals surface area contributed by atoms with E-state index in [0.717, 1.165) is 23.3 Å². The van der Waals surface area contributed by atoms with Gasteiger partial charge >= 0.3 is 0 Å². The zero-order valence-electron chi connectivity index (χ0n) is 11.5. The van der Waals surface area contributed by atoms with Gasteiger partial charge in [-0.15, -0.1) is 0 Å². The lowest BCUT2D eigenvalue weighted by molar-refractivity contribution is 0.0497. The number of ether oxygens (including phenoxy) is 1. The summed E-state index contributed by atoms with van der Waals surface area (Å²) in [4.78, 5) is 0. The van der Waals surface area contributed by atoms with Gasteiger partial charge in [-0.25, -0.2) is 0 Å². The van der Waals surface area contributed by atoms with Gasteiger partial charge in [0, 0.05) is 11.5 Å². The second kappa shape index (κ2) is 4.47. The normalized spacial score (nSPS) is 26.7. The first kappa shape index (κ1) is 13.2. The Kier molecular flexibility index (Phi) is 3.28. The lowest BCUT2D eigenvalue weighted by Crippen LogP contribution is -2.33. The zero-order chi connectivity index (χ0) is 13.5. The van der Waals surface area contributed by atoms with Crippen LogP contribution in [0.2, 0.25) is 0 Å². The van der Waals surface area contributed by atoms with Crippen molar-refractivity contribution in [1.82, 2.24) is 0 Å². The minimum Gasteiger partial charge on any atom is -0.508 e. The van der Waals surface area contributed by atoms with E-state index >= 15 is 0 Å². The quantitative estimate of drug-likeness (QED) is 0.743. The van der Waals surface area contributed by atoms with E-state index in [1.807, 2.05) is 33.8 Å². The van der Waals surface area contributed by atoms with Gasteiger partial charge in [0.15, 0.2) is 0 Å². The first-order valence-corrected chi connectivity index (χ1v) is 6.51. The summed E-state index contributed by atoms with van der Waals surface area (Å²) in [6.07, 6.45) is 1.13.